The van der Waals surface area contributed by atoms with Gasteiger partial charge in [-0.15, -0.1) is 0 Å². The van der Waals surface area contributed by atoms with E-state index in [9.17, 15) is 13.2 Å². The number of ether oxygens (including phenoxy) is 1. The molecule has 2 aromatic rings. The Bertz CT molecular complexity index is 1020. The molecule has 0 bridgehead atoms. The fourth-order valence-corrected chi connectivity index (χ4v) is 3.77. The van der Waals surface area contributed by atoms with E-state index in [1.165, 1.54) is 12.1 Å². The number of hydrogen-bond acceptors (Lipinski definition) is 5. The first kappa shape index (κ1) is 20.0. The molecule has 148 valence electrons. The van der Waals surface area contributed by atoms with Gasteiger partial charge in [-0.2, -0.15) is 5.10 Å². The lowest BCUT2D eigenvalue weighted by molar-refractivity contribution is -0.137. The third kappa shape index (κ3) is 4.76. The lowest BCUT2D eigenvalue weighted by Gasteiger charge is -2.22. The van der Waals surface area contributed by atoms with Crippen LogP contribution in [0.15, 0.2) is 53.6 Å². The van der Waals surface area contributed by atoms with Crippen LogP contribution in [0.25, 0.3) is 0 Å². The van der Waals surface area contributed by atoms with Gasteiger partial charge in [-0.25, -0.2) is 13.4 Å². The van der Waals surface area contributed by atoms with Crippen molar-refractivity contribution in [2.75, 3.05) is 24.7 Å². The molecule has 1 unspecified atom stereocenters. The summed E-state index contributed by atoms with van der Waals surface area (Å²) in [5, 5.41) is 6.01. The predicted octanol–water partition coefficient (Wildman–Crippen LogP) is 2.69. The third-order valence-corrected chi connectivity index (χ3v) is 4.97. The van der Waals surface area contributed by atoms with Crippen molar-refractivity contribution in [2.24, 2.45) is 5.10 Å². The summed E-state index contributed by atoms with van der Waals surface area (Å²) >= 11 is 0. The van der Waals surface area contributed by atoms with Gasteiger partial charge < -0.3 is 4.74 Å². The van der Waals surface area contributed by atoms with Crippen molar-refractivity contribution in [1.82, 2.24) is 5.01 Å². The molecule has 0 saturated heterocycles. The molecule has 1 heterocycles. The molecule has 1 amide bonds. The molecule has 2 aromatic carbocycles. The van der Waals surface area contributed by atoms with Gasteiger partial charge in [-0.3, -0.25) is 9.52 Å². The van der Waals surface area contributed by atoms with Crippen molar-refractivity contribution in [1.29, 1.82) is 0 Å². The van der Waals surface area contributed by atoms with Crippen LogP contribution < -0.4 is 4.72 Å². The number of rotatable bonds is 6. The average Bonchev–Trinajstić information content (AvgIpc) is 3.06. The standard InChI is InChI=1S/C20H23N3O4S/c1-14-6-4-8-16(10-14)19-12-18(21-23(19)20(24)13-27-2)15-7-5-9-17(11-15)22-28(3,25)26/h4-11,19,22H,12-13H2,1-3H3. The number of carbonyl (C=O) groups excluding carboxylic acids is 1. The molecule has 1 N–H and O–H groups in total. The Morgan fingerprint density at radius 3 is 2.68 bits per heavy atom. The van der Waals surface area contributed by atoms with E-state index >= 15 is 0 Å². The minimum Gasteiger partial charge on any atom is -0.375 e. The first-order chi connectivity index (χ1) is 13.3. The molecule has 8 heteroatoms. The first-order valence-electron chi connectivity index (χ1n) is 8.80. The highest BCUT2D eigenvalue weighted by molar-refractivity contribution is 7.92. The van der Waals surface area contributed by atoms with E-state index in [1.807, 2.05) is 37.3 Å². The van der Waals surface area contributed by atoms with Gasteiger partial charge in [0.2, 0.25) is 10.0 Å². The smallest absolute Gasteiger partial charge is 0.269 e. The molecule has 0 saturated carbocycles. The maximum absolute atomic E-state index is 12.5. The van der Waals surface area contributed by atoms with Crippen LogP contribution >= 0.6 is 0 Å². The summed E-state index contributed by atoms with van der Waals surface area (Å²) in [5.74, 6) is -0.227. The predicted molar refractivity (Wildman–Crippen MR) is 109 cm³/mol. The summed E-state index contributed by atoms with van der Waals surface area (Å²) in [4.78, 5) is 12.5. The summed E-state index contributed by atoms with van der Waals surface area (Å²) in [7, 11) is -1.91. The maximum Gasteiger partial charge on any atom is 0.269 e. The van der Waals surface area contributed by atoms with E-state index in [0.717, 1.165) is 22.9 Å². The van der Waals surface area contributed by atoms with Crippen LogP contribution in [0.1, 0.15) is 29.2 Å². The zero-order valence-corrected chi connectivity index (χ0v) is 16.9. The number of hydrogen-bond donors (Lipinski definition) is 1. The molecule has 1 aliphatic rings. The van der Waals surface area contributed by atoms with E-state index in [4.69, 9.17) is 4.74 Å². The van der Waals surface area contributed by atoms with Crippen molar-refractivity contribution in [2.45, 2.75) is 19.4 Å². The summed E-state index contributed by atoms with van der Waals surface area (Å²) in [6.07, 6.45) is 1.63. The molecule has 0 aliphatic carbocycles. The first-order valence-corrected chi connectivity index (χ1v) is 10.7. The summed E-state index contributed by atoms with van der Waals surface area (Å²) < 4.78 is 30.5. The molecular formula is C20H23N3O4S. The van der Waals surface area contributed by atoms with E-state index < -0.39 is 10.0 Å². The second-order valence-corrected chi connectivity index (χ2v) is 8.56. The number of nitrogens with zero attached hydrogens (tertiary/aromatic N) is 2. The second kappa shape index (κ2) is 8.12. The third-order valence-electron chi connectivity index (χ3n) is 4.36. The fraction of sp³-hybridized carbons (Fsp3) is 0.300. The lowest BCUT2D eigenvalue weighted by atomic mass is 9.97. The van der Waals surface area contributed by atoms with Gasteiger partial charge in [0.25, 0.3) is 5.91 Å². The average molecular weight is 401 g/mol. The molecule has 0 radical (unpaired) electrons. The van der Waals surface area contributed by atoms with Gasteiger partial charge in [-0.1, -0.05) is 42.0 Å². The van der Waals surface area contributed by atoms with Crippen molar-refractivity contribution in [3.63, 3.8) is 0 Å². The van der Waals surface area contributed by atoms with Crippen LogP contribution in [-0.2, 0) is 19.6 Å². The Labute approximate surface area is 165 Å². The molecule has 0 fully saturated rings. The Hall–Kier alpha value is -2.71. The van der Waals surface area contributed by atoms with Gasteiger partial charge in [0.15, 0.2) is 0 Å². The highest BCUT2D eigenvalue weighted by Crippen LogP contribution is 2.33. The number of methoxy groups -OCH3 is 1. The monoisotopic (exact) mass is 401 g/mol. The zero-order chi connectivity index (χ0) is 20.3. The largest absolute Gasteiger partial charge is 0.375 e. The molecule has 1 aliphatic heterocycles. The topological polar surface area (TPSA) is 88.1 Å². The summed E-state index contributed by atoms with van der Waals surface area (Å²) in [5.41, 5.74) is 4.03. The van der Waals surface area contributed by atoms with E-state index in [2.05, 4.69) is 9.82 Å². The Morgan fingerprint density at radius 1 is 1.25 bits per heavy atom. The van der Waals surface area contributed by atoms with Crippen LogP contribution in [0.2, 0.25) is 0 Å². The van der Waals surface area contributed by atoms with Crippen LogP contribution in [-0.4, -0.2) is 45.0 Å². The fourth-order valence-electron chi connectivity index (χ4n) is 3.22. The minimum atomic E-state index is -3.38. The quantitative estimate of drug-likeness (QED) is 0.806. The minimum absolute atomic E-state index is 0.0607. The second-order valence-electron chi connectivity index (χ2n) is 6.81. The highest BCUT2D eigenvalue weighted by Gasteiger charge is 2.33. The number of hydrazone groups is 1. The number of sulfonamides is 1. The number of benzene rings is 2. The number of aryl methyl sites for hydroxylation is 1. The molecular weight excluding hydrogens is 378 g/mol. The van der Waals surface area contributed by atoms with E-state index in [1.54, 1.807) is 18.2 Å². The summed E-state index contributed by atoms with van der Waals surface area (Å²) in [6.45, 7) is 1.94. The van der Waals surface area contributed by atoms with Crippen LogP contribution in [0.5, 0.6) is 0 Å². The Morgan fingerprint density at radius 2 is 2.00 bits per heavy atom. The van der Waals surface area contributed by atoms with E-state index in [-0.39, 0.29) is 18.6 Å². The van der Waals surface area contributed by atoms with Crippen molar-refractivity contribution in [3.05, 3.63) is 65.2 Å². The molecule has 0 aromatic heterocycles. The molecule has 3 rings (SSSR count). The van der Waals surface area contributed by atoms with E-state index in [0.29, 0.717) is 17.8 Å². The lowest BCUT2D eigenvalue weighted by Crippen LogP contribution is -2.30. The van der Waals surface area contributed by atoms with Gasteiger partial charge in [-0.05, 0) is 30.2 Å². The number of anilines is 1. The van der Waals surface area contributed by atoms with Crippen LogP contribution in [0.3, 0.4) is 0 Å². The molecule has 28 heavy (non-hydrogen) atoms. The number of nitrogens with one attached hydrogen (secondary N) is 1. The van der Waals surface area contributed by atoms with Crippen LogP contribution in [0, 0.1) is 6.92 Å². The Kier molecular flexibility index (Phi) is 5.81. The number of amides is 1. The van der Waals surface area contributed by atoms with Gasteiger partial charge in [0.1, 0.15) is 6.61 Å². The highest BCUT2D eigenvalue weighted by atomic mass is 32.2. The van der Waals surface area contributed by atoms with Crippen molar-refractivity contribution < 1.29 is 17.9 Å². The van der Waals surface area contributed by atoms with Crippen molar-refractivity contribution in [3.8, 4) is 0 Å². The van der Waals surface area contributed by atoms with Crippen LogP contribution in [0.4, 0.5) is 5.69 Å². The van der Waals surface area contributed by atoms with Gasteiger partial charge in [0.05, 0.1) is 18.0 Å². The Balaban J connectivity index is 1.95. The molecule has 1 atom stereocenters. The normalized spacial score (nSPS) is 16.8. The van der Waals surface area contributed by atoms with Crippen molar-refractivity contribution >= 4 is 27.3 Å². The van der Waals surface area contributed by atoms with Gasteiger partial charge >= 0.3 is 0 Å². The molecule has 0 spiro atoms. The SMILES string of the molecule is COCC(=O)N1N=C(c2cccc(NS(C)(=O)=O)c2)CC1c1cccc(C)c1. The maximum atomic E-state index is 12.5. The van der Waals surface area contributed by atoms with Gasteiger partial charge in [0, 0.05) is 19.2 Å². The zero-order valence-electron chi connectivity index (χ0n) is 16.0. The number of carbonyl (C=O) groups is 1. The summed E-state index contributed by atoms with van der Waals surface area (Å²) in [6, 6.07) is 14.7. The molecule has 7 nitrogen and oxygen atoms in total.